The van der Waals surface area contributed by atoms with Crippen molar-refractivity contribution in [3.8, 4) is 0 Å². The van der Waals surface area contributed by atoms with E-state index in [4.69, 9.17) is 0 Å². The lowest BCUT2D eigenvalue weighted by Crippen LogP contribution is -2.25. The van der Waals surface area contributed by atoms with Gasteiger partial charge in [-0.15, -0.1) is 0 Å². The number of hydrogen-bond acceptors (Lipinski definition) is 2. The maximum Gasteiger partial charge on any atom is 0.167 e. The first-order valence-corrected chi connectivity index (χ1v) is 13.4. The Kier molecular flexibility index (Phi) is 6.81. The van der Waals surface area contributed by atoms with Gasteiger partial charge in [0, 0.05) is 23.5 Å². The second-order valence-electron chi connectivity index (χ2n) is 11.0. The minimum Gasteiger partial charge on any atom is -0.294 e. The predicted molar refractivity (Wildman–Crippen MR) is 134 cm³/mol. The van der Waals surface area contributed by atoms with Crippen molar-refractivity contribution in [1.29, 1.82) is 0 Å². The van der Waals surface area contributed by atoms with Gasteiger partial charge in [-0.3, -0.25) is 9.59 Å². The summed E-state index contributed by atoms with van der Waals surface area (Å²) in [4.78, 5) is 26.0. The molecule has 33 heavy (non-hydrogen) atoms. The minimum absolute atomic E-state index is 0.135. The minimum atomic E-state index is 0.135. The third-order valence-electron chi connectivity index (χ3n) is 8.93. The topological polar surface area (TPSA) is 34.1 Å². The molecule has 3 aliphatic rings. The number of rotatable bonds is 7. The van der Waals surface area contributed by atoms with Crippen LogP contribution in [0.3, 0.4) is 0 Å². The van der Waals surface area contributed by atoms with Gasteiger partial charge in [0.25, 0.3) is 0 Å². The number of benzene rings is 2. The Morgan fingerprint density at radius 3 is 2.09 bits per heavy atom. The van der Waals surface area contributed by atoms with Crippen molar-refractivity contribution in [2.24, 2.45) is 23.7 Å². The van der Waals surface area contributed by atoms with Gasteiger partial charge in [-0.1, -0.05) is 81.5 Å². The van der Waals surface area contributed by atoms with E-state index >= 15 is 0 Å². The number of carbonyl (C=O) groups excluding carboxylic acids is 2. The molecule has 3 aliphatic carbocycles. The Balaban J connectivity index is 1.17. The van der Waals surface area contributed by atoms with Crippen LogP contribution in [0, 0.1) is 23.7 Å². The Hall–Kier alpha value is -2.22. The van der Waals surface area contributed by atoms with Crippen LogP contribution in [0.5, 0.6) is 0 Å². The molecule has 0 aromatic heterocycles. The summed E-state index contributed by atoms with van der Waals surface area (Å²) in [6.45, 7) is 2.26. The van der Waals surface area contributed by atoms with E-state index in [-0.39, 0.29) is 17.5 Å². The van der Waals surface area contributed by atoms with Crippen molar-refractivity contribution in [2.45, 2.75) is 84.0 Å². The summed E-state index contributed by atoms with van der Waals surface area (Å²) in [5.74, 6) is 3.11. The highest BCUT2D eigenvalue weighted by molar-refractivity contribution is 6.01. The van der Waals surface area contributed by atoms with E-state index in [1.807, 2.05) is 24.3 Å². The van der Waals surface area contributed by atoms with Crippen molar-refractivity contribution in [2.75, 3.05) is 0 Å². The molecule has 2 heteroatoms. The lowest BCUT2D eigenvalue weighted by molar-refractivity contribution is 0.0853. The van der Waals surface area contributed by atoms with E-state index in [1.54, 1.807) is 0 Å². The molecule has 2 aromatic carbocycles. The smallest absolute Gasteiger partial charge is 0.167 e. The van der Waals surface area contributed by atoms with Crippen LogP contribution in [0.25, 0.3) is 0 Å². The third-order valence-corrected chi connectivity index (χ3v) is 8.93. The summed E-state index contributed by atoms with van der Waals surface area (Å²) < 4.78 is 0. The normalized spacial score (nSPS) is 25.2. The van der Waals surface area contributed by atoms with Crippen molar-refractivity contribution >= 4 is 11.6 Å². The number of fused-ring (bicyclic) bond motifs is 1. The van der Waals surface area contributed by atoms with Crippen LogP contribution >= 0.6 is 0 Å². The Labute approximate surface area is 199 Å². The number of carbonyl (C=O) groups is 2. The average Bonchev–Trinajstić information content (AvgIpc) is 3.53. The van der Waals surface area contributed by atoms with Gasteiger partial charge in [0.2, 0.25) is 0 Å². The molecule has 0 aliphatic heterocycles. The zero-order chi connectivity index (χ0) is 22.8. The average molecular weight is 443 g/mol. The maximum absolute atomic E-state index is 13.1. The van der Waals surface area contributed by atoms with Crippen molar-refractivity contribution < 1.29 is 9.59 Å². The zero-order valence-corrected chi connectivity index (χ0v) is 20.2. The van der Waals surface area contributed by atoms with Gasteiger partial charge in [0.05, 0.1) is 0 Å². The first-order chi connectivity index (χ1) is 16.1. The molecule has 5 rings (SSSR count). The van der Waals surface area contributed by atoms with Crippen LogP contribution in [0.15, 0.2) is 42.5 Å². The second-order valence-corrected chi connectivity index (χ2v) is 11.0. The van der Waals surface area contributed by atoms with Crippen LogP contribution in [0.2, 0.25) is 0 Å². The van der Waals surface area contributed by atoms with Crippen LogP contribution < -0.4 is 0 Å². The molecule has 2 aromatic rings. The van der Waals surface area contributed by atoms with Gasteiger partial charge in [-0.25, -0.2) is 0 Å². The molecule has 174 valence electrons. The van der Waals surface area contributed by atoms with Gasteiger partial charge in [0.1, 0.15) is 0 Å². The van der Waals surface area contributed by atoms with Gasteiger partial charge in [0.15, 0.2) is 11.6 Å². The van der Waals surface area contributed by atoms with Crippen molar-refractivity contribution in [3.05, 3.63) is 70.3 Å². The largest absolute Gasteiger partial charge is 0.294 e. The van der Waals surface area contributed by atoms with Crippen LogP contribution in [0.1, 0.15) is 102 Å². The van der Waals surface area contributed by atoms with Crippen molar-refractivity contribution in [3.63, 3.8) is 0 Å². The van der Waals surface area contributed by atoms with Crippen LogP contribution in [0.4, 0.5) is 0 Å². The Morgan fingerprint density at radius 2 is 1.39 bits per heavy atom. The molecule has 2 saturated carbocycles. The summed E-state index contributed by atoms with van der Waals surface area (Å²) in [6.07, 6.45) is 14.1. The molecule has 0 bridgehead atoms. The van der Waals surface area contributed by atoms with Crippen LogP contribution in [-0.4, -0.2) is 11.6 Å². The summed E-state index contributed by atoms with van der Waals surface area (Å²) in [5, 5.41) is 0. The highest BCUT2D eigenvalue weighted by atomic mass is 16.1. The fourth-order valence-electron chi connectivity index (χ4n) is 6.79. The molecular weight excluding hydrogens is 404 g/mol. The zero-order valence-electron chi connectivity index (χ0n) is 20.2. The number of ketones is 2. The van der Waals surface area contributed by atoms with Crippen LogP contribution in [-0.2, 0) is 19.3 Å². The molecule has 2 nitrogen and oxygen atoms in total. The molecule has 0 radical (unpaired) electrons. The Morgan fingerprint density at radius 1 is 0.758 bits per heavy atom. The first-order valence-electron chi connectivity index (χ1n) is 13.4. The van der Waals surface area contributed by atoms with Gasteiger partial charge >= 0.3 is 0 Å². The highest BCUT2D eigenvalue weighted by Gasteiger charge is 2.32. The Bertz CT molecular complexity index is 988. The maximum atomic E-state index is 13.1. The van der Waals surface area contributed by atoms with E-state index in [0.29, 0.717) is 12.0 Å². The molecule has 0 spiro atoms. The molecule has 1 atom stereocenters. The number of hydrogen-bond donors (Lipinski definition) is 0. The lowest BCUT2D eigenvalue weighted by atomic mass is 9.73. The van der Waals surface area contributed by atoms with E-state index < -0.39 is 0 Å². The third kappa shape index (κ3) is 5.00. The molecule has 1 unspecified atom stereocenters. The molecule has 0 N–H and O–H groups in total. The van der Waals surface area contributed by atoms with Crippen molar-refractivity contribution in [1.82, 2.24) is 0 Å². The number of Topliss-reactive ketones (excluding diaryl/α,β-unsaturated/α-hetero) is 2. The summed E-state index contributed by atoms with van der Waals surface area (Å²) >= 11 is 0. The molecule has 0 heterocycles. The standard InChI is InChI=1S/C31H38O2/c1-2-21-17-28-8-7-22(19-29(28)18-21)20-30(32)25-11-15-27(16-12-25)31(33)26-13-9-24(10-14-26)23-5-3-4-6-23/h7-8,11-12,15-16,19,21,23-24,26H,2-6,9-10,13-14,17-18,20H2,1H3. The summed E-state index contributed by atoms with van der Waals surface area (Å²) in [7, 11) is 0. The van der Waals surface area contributed by atoms with Gasteiger partial charge in [-0.05, 0) is 73.0 Å². The molecule has 0 saturated heterocycles. The SMILES string of the molecule is CCC1Cc2ccc(CC(=O)c3ccc(C(=O)C4CCC(C5CCCC5)CC4)cc3)cc2C1. The highest BCUT2D eigenvalue weighted by Crippen LogP contribution is 2.41. The van der Waals surface area contributed by atoms with E-state index in [2.05, 4.69) is 25.1 Å². The van der Waals surface area contributed by atoms with Gasteiger partial charge < -0.3 is 0 Å². The quantitative estimate of drug-likeness (QED) is 0.418. The van der Waals surface area contributed by atoms with Gasteiger partial charge in [-0.2, -0.15) is 0 Å². The monoisotopic (exact) mass is 442 g/mol. The lowest BCUT2D eigenvalue weighted by Gasteiger charge is -2.31. The van der Waals surface area contributed by atoms with E-state index in [0.717, 1.165) is 48.1 Å². The molecule has 0 amide bonds. The fourth-order valence-corrected chi connectivity index (χ4v) is 6.79. The predicted octanol–water partition coefficient (Wildman–Crippen LogP) is 7.42. The van der Waals surface area contributed by atoms with E-state index in [1.165, 1.54) is 62.5 Å². The fraction of sp³-hybridized carbons (Fsp3) is 0.548. The second kappa shape index (κ2) is 9.95. The summed E-state index contributed by atoms with van der Waals surface area (Å²) in [6, 6.07) is 14.1. The molecular formula is C31H38O2. The molecule has 2 fully saturated rings. The summed E-state index contributed by atoms with van der Waals surface area (Å²) in [5.41, 5.74) is 5.48. The van der Waals surface area contributed by atoms with E-state index in [9.17, 15) is 9.59 Å². The first kappa shape index (κ1) is 22.6.